The summed E-state index contributed by atoms with van der Waals surface area (Å²) in [4.78, 5) is 24.3. The van der Waals surface area contributed by atoms with E-state index in [0.717, 1.165) is 16.5 Å². The van der Waals surface area contributed by atoms with Gasteiger partial charge in [0.05, 0.1) is 10.6 Å². The summed E-state index contributed by atoms with van der Waals surface area (Å²) in [6, 6.07) is 24.7. The zero-order valence-electron chi connectivity index (χ0n) is 16.1. The lowest BCUT2D eigenvalue weighted by Gasteiger charge is -2.04. The van der Waals surface area contributed by atoms with Crippen molar-refractivity contribution in [1.29, 1.82) is 0 Å². The summed E-state index contributed by atoms with van der Waals surface area (Å²) in [5.74, 6) is -0.365. The summed E-state index contributed by atoms with van der Waals surface area (Å²) in [6.45, 7) is 0. The predicted octanol–water partition coefficient (Wildman–Crippen LogP) is 4.73. The van der Waals surface area contributed by atoms with Crippen LogP contribution in [0.4, 0.5) is 11.4 Å². The Morgan fingerprint density at radius 2 is 1.61 bits per heavy atom. The number of aromatic nitrogens is 3. The zero-order chi connectivity index (χ0) is 21.4. The molecular weight excluding hydrogens is 394 g/mol. The van der Waals surface area contributed by atoms with Crippen molar-refractivity contribution in [1.82, 2.24) is 15.0 Å². The molecule has 0 aliphatic carbocycles. The molecule has 0 aliphatic heterocycles. The molecule has 150 valence electrons. The van der Waals surface area contributed by atoms with Crippen molar-refractivity contribution in [3.8, 4) is 5.69 Å². The number of benzene rings is 4. The second kappa shape index (κ2) is 7.34. The number of hydrogen-bond acceptors (Lipinski definition) is 5. The van der Waals surface area contributed by atoms with Gasteiger partial charge in [-0.1, -0.05) is 36.4 Å². The Hall–Kier alpha value is -4.59. The molecular formula is C23H15N5O3. The highest BCUT2D eigenvalue weighted by atomic mass is 16.6. The SMILES string of the molecule is O=C(Nc1ccc2nn(-c3cccc4ccccc34)nc2c1)c1ccc([N+](=O)[O-])cc1. The topological polar surface area (TPSA) is 103 Å². The first-order valence-corrected chi connectivity index (χ1v) is 9.49. The van der Waals surface area contributed by atoms with Gasteiger partial charge in [0.25, 0.3) is 11.6 Å². The van der Waals surface area contributed by atoms with Crippen molar-refractivity contribution in [2.24, 2.45) is 0 Å². The number of nitrogens with one attached hydrogen (secondary N) is 1. The molecule has 1 N–H and O–H groups in total. The number of rotatable bonds is 4. The molecule has 0 spiro atoms. The Kier molecular flexibility index (Phi) is 4.37. The smallest absolute Gasteiger partial charge is 0.269 e. The van der Waals surface area contributed by atoms with Gasteiger partial charge in [0, 0.05) is 28.8 Å². The van der Waals surface area contributed by atoms with Crippen LogP contribution >= 0.6 is 0 Å². The number of nitrogens with zero attached hydrogens (tertiary/aromatic N) is 4. The molecule has 0 fully saturated rings. The van der Waals surface area contributed by atoms with Gasteiger partial charge in [-0.25, -0.2) is 0 Å². The number of carbonyl (C=O) groups is 1. The minimum absolute atomic E-state index is 0.0666. The van der Waals surface area contributed by atoms with E-state index in [2.05, 4.69) is 15.5 Å². The molecule has 0 bridgehead atoms. The number of nitro benzene ring substituents is 1. The number of carbonyl (C=O) groups excluding carboxylic acids is 1. The number of anilines is 1. The fourth-order valence-electron chi connectivity index (χ4n) is 3.42. The maximum Gasteiger partial charge on any atom is 0.269 e. The standard InChI is InChI=1S/C23H15N5O3/c29-23(16-8-11-18(12-9-16)28(30)31)24-17-10-13-20-21(14-17)26-27(25-20)22-7-3-5-15-4-1-2-6-19(15)22/h1-14H,(H,24,29). The van der Waals surface area contributed by atoms with Crippen LogP contribution in [0.1, 0.15) is 10.4 Å². The van der Waals surface area contributed by atoms with Gasteiger partial charge in [0.15, 0.2) is 0 Å². The average Bonchev–Trinajstić information content (AvgIpc) is 3.22. The molecule has 0 unspecified atom stereocenters. The van der Waals surface area contributed by atoms with E-state index in [4.69, 9.17) is 0 Å². The Labute approximate surface area is 175 Å². The normalized spacial score (nSPS) is 11.0. The molecule has 0 saturated carbocycles. The molecule has 8 nitrogen and oxygen atoms in total. The highest BCUT2D eigenvalue weighted by Crippen LogP contribution is 2.23. The Morgan fingerprint density at radius 3 is 2.42 bits per heavy atom. The van der Waals surface area contributed by atoms with Gasteiger partial charge in [-0.2, -0.15) is 0 Å². The maximum atomic E-state index is 12.5. The summed E-state index contributed by atoms with van der Waals surface area (Å²) in [5, 5.41) is 24.8. The van der Waals surface area contributed by atoms with Gasteiger partial charge in [-0.15, -0.1) is 15.0 Å². The molecule has 0 radical (unpaired) electrons. The molecule has 1 aromatic heterocycles. The molecule has 0 aliphatic rings. The van der Waals surface area contributed by atoms with Crippen LogP contribution in [-0.4, -0.2) is 25.8 Å². The van der Waals surface area contributed by atoms with E-state index in [1.807, 2.05) is 42.5 Å². The van der Waals surface area contributed by atoms with Crippen molar-refractivity contribution in [3.05, 3.63) is 101 Å². The third kappa shape index (κ3) is 3.46. The lowest BCUT2D eigenvalue weighted by Crippen LogP contribution is -2.11. The first kappa shape index (κ1) is 18.4. The monoisotopic (exact) mass is 409 g/mol. The van der Waals surface area contributed by atoms with Crippen LogP contribution in [0, 0.1) is 10.1 Å². The van der Waals surface area contributed by atoms with E-state index in [1.54, 1.807) is 23.0 Å². The first-order chi connectivity index (χ1) is 15.1. The third-order valence-corrected chi connectivity index (χ3v) is 4.96. The lowest BCUT2D eigenvalue weighted by atomic mass is 10.1. The molecule has 1 heterocycles. The highest BCUT2D eigenvalue weighted by Gasteiger charge is 2.12. The van der Waals surface area contributed by atoms with Crippen molar-refractivity contribution in [2.45, 2.75) is 0 Å². The fraction of sp³-hybridized carbons (Fsp3) is 0. The number of hydrogen-bond donors (Lipinski definition) is 1. The van der Waals surface area contributed by atoms with Crippen molar-refractivity contribution in [2.75, 3.05) is 5.32 Å². The van der Waals surface area contributed by atoms with Crippen LogP contribution in [0.3, 0.4) is 0 Å². The van der Waals surface area contributed by atoms with E-state index in [9.17, 15) is 14.9 Å². The quantitative estimate of drug-likeness (QED) is 0.341. The van der Waals surface area contributed by atoms with Gasteiger partial charge in [-0.05, 0) is 41.8 Å². The average molecular weight is 409 g/mol. The molecule has 5 aromatic rings. The summed E-state index contributed by atoms with van der Waals surface area (Å²) in [6.07, 6.45) is 0. The van der Waals surface area contributed by atoms with E-state index in [0.29, 0.717) is 22.3 Å². The predicted molar refractivity (Wildman–Crippen MR) is 117 cm³/mol. The molecule has 4 aromatic carbocycles. The Morgan fingerprint density at radius 1 is 0.871 bits per heavy atom. The van der Waals surface area contributed by atoms with Crippen LogP contribution in [0.5, 0.6) is 0 Å². The molecule has 8 heteroatoms. The number of non-ortho nitro benzene ring substituents is 1. The van der Waals surface area contributed by atoms with Crippen LogP contribution in [-0.2, 0) is 0 Å². The summed E-state index contributed by atoms with van der Waals surface area (Å²) in [5.41, 5.74) is 3.01. The van der Waals surface area contributed by atoms with Gasteiger partial charge in [0.2, 0.25) is 0 Å². The molecule has 1 amide bonds. The Balaban J connectivity index is 1.44. The minimum atomic E-state index is -0.505. The maximum absolute atomic E-state index is 12.5. The van der Waals surface area contributed by atoms with Crippen LogP contribution in [0.15, 0.2) is 84.9 Å². The first-order valence-electron chi connectivity index (χ1n) is 9.49. The zero-order valence-corrected chi connectivity index (χ0v) is 16.1. The fourth-order valence-corrected chi connectivity index (χ4v) is 3.42. The van der Waals surface area contributed by atoms with Crippen molar-refractivity contribution < 1.29 is 9.72 Å². The van der Waals surface area contributed by atoms with Crippen LogP contribution < -0.4 is 5.32 Å². The van der Waals surface area contributed by atoms with E-state index in [1.165, 1.54) is 24.3 Å². The van der Waals surface area contributed by atoms with Gasteiger partial charge >= 0.3 is 0 Å². The number of amides is 1. The summed E-state index contributed by atoms with van der Waals surface area (Å²) >= 11 is 0. The van der Waals surface area contributed by atoms with E-state index in [-0.39, 0.29) is 11.6 Å². The third-order valence-electron chi connectivity index (χ3n) is 4.96. The highest BCUT2D eigenvalue weighted by molar-refractivity contribution is 6.05. The lowest BCUT2D eigenvalue weighted by molar-refractivity contribution is -0.384. The summed E-state index contributed by atoms with van der Waals surface area (Å²) in [7, 11) is 0. The van der Waals surface area contributed by atoms with Gasteiger partial charge in [0.1, 0.15) is 11.0 Å². The molecule has 5 rings (SSSR count). The second-order valence-corrected chi connectivity index (χ2v) is 6.95. The molecule has 0 saturated heterocycles. The Bertz CT molecular complexity index is 1450. The molecule has 31 heavy (non-hydrogen) atoms. The van der Waals surface area contributed by atoms with Gasteiger partial charge in [-0.3, -0.25) is 14.9 Å². The summed E-state index contributed by atoms with van der Waals surface area (Å²) < 4.78 is 0. The van der Waals surface area contributed by atoms with E-state index < -0.39 is 4.92 Å². The van der Waals surface area contributed by atoms with Crippen molar-refractivity contribution in [3.63, 3.8) is 0 Å². The molecule has 0 atom stereocenters. The van der Waals surface area contributed by atoms with Crippen LogP contribution in [0.2, 0.25) is 0 Å². The number of fused-ring (bicyclic) bond motifs is 2. The van der Waals surface area contributed by atoms with Gasteiger partial charge < -0.3 is 5.32 Å². The van der Waals surface area contributed by atoms with Crippen LogP contribution in [0.25, 0.3) is 27.5 Å². The minimum Gasteiger partial charge on any atom is -0.322 e. The van der Waals surface area contributed by atoms with Crippen molar-refractivity contribution >= 4 is 39.1 Å². The largest absolute Gasteiger partial charge is 0.322 e. The number of nitro groups is 1. The second-order valence-electron chi connectivity index (χ2n) is 6.95. The van der Waals surface area contributed by atoms with E-state index >= 15 is 0 Å².